The average Bonchev–Trinajstić information content (AvgIpc) is 3.38. The number of piperidine rings is 1. The van der Waals surface area contributed by atoms with Crippen LogP contribution in [0.2, 0.25) is 0 Å². The van der Waals surface area contributed by atoms with Crippen LogP contribution < -0.4 is 4.74 Å². The average molecular weight is 307 g/mol. The van der Waals surface area contributed by atoms with Crippen LogP contribution >= 0.6 is 0 Å². The Hall–Kier alpha value is -1.62. The molecule has 0 atom stereocenters. The van der Waals surface area contributed by atoms with Gasteiger partial charge in [-0.25, -0.2) is 4.39 Å². The highest BCUT2D eigenvalue weighted by molar-refractivity contribution is 5.81. The van der Waals surface area contributed by atoms with Gasteiger partial charge in [-0.1, -0.05) is 0 Å². The summed E-state index contributed by atoms with van der Waals surface area (Å²) in [7, 11) is 0. The molecule has 0 bridgehead atoms. The lowest BCUT2D eigenvalue weighted by Crippen LogP contribution is -2.41. The van der Waals surface area contributed by atoms with E-state index in [1.54, 1.807) is 12.1 Å². The molecule has 0 aromatic heterocycles. The fourth-order valence-corrected chi connectivity index (χ4v) is 2.74. The van der Waals surface area contributed by atoms with Gasteiger partial charge in [0.1, 0.15) is 18.2 Å². The second-order valence-electron chi connectivity index (χ2n) is 5.97. The first-order valence-corrected chi connectivity index (χ1v) is 8.01. The van der Waals surface area contributed by atoms with Crippen molar-refractivity contribution >= 4 is 5.91 Å². The summed E-state index contributed by atoms with van der Waals surface area (Å²) in [5, 5.41) is 0. The van der Waals surface area contributed by atoms with Gasteiger partial charge in [-0.3, -0.25) is 4.79 Å². The summed E-state index contributed by atoms with van der Waals surface area (Å²) >= 11 is 0. The number of carbonyl (C=O) groups excluding carboxylic acids is 1. The smallest absolute Gasteiger partial charge is 0.225 e. The van der Waals surface area contributed by atoms with Gasteiger partial charge >= 0.3 is 0 Å². The van der Waals surface area contributed by atoms with E-state index >= 15 is 0 Å². The molecule has 2 aliphatic rings. The van der Waals surface area contributed by atoms with E-state index in [4.69, 9.17) is 9.47 Å². The van der Waals surface area contributed by atoms with E-state index in [2.05, 4.69) is 0 Å². The largest absolute Gasteiger partial charge is 0.491 e. The number of ether oxygens (including phenoxy) is 2. The van der Waals surface area contributed by atoms with Crippen LogP contribution in [-0.4, -0.2) is 43.2 Å². The molecule has 1 aromatic rings. The lowest BCUT2D eigenvalue weighted by atomic mass is 10.1. The Labute approximate surface area is 130 Å². The molecular weight excluding hydrogens is 285 g/mol. The van der Waals surface area contributed by atoms with Crippen molar-refractivity contribution in [3.8, 4) is 5.75 Å². The van der Waals surface area contributed by atoms with Crippen molar-refractivity contribution < 1.29 is 18.7 Å². The maximum absolute atomic E-state index is 12.8. The van der Waals surface area contributed by atoms with Gasteiger partial charge in [0.2, 0.25) is 5.91 Å². The molecular formula is C17H22FNO3. The Morgan fingerprint density at radius 1 is 1.09 bits per heavy atom. The Morgan fingerprint density at radius 3 is 2.41 bits per heavy atom. The number of hydrogen-bond donors (Lipinski definition) is 0. The number of carbonyl (C=O) groups is 1. The van der Waals surface area contributed by atoms with E-state index < -0.39 is 0 Å². The zero-order valence-electron chi connectivity index (χ0n) is 12.7. The fourth-order valence-electron chi connectivity index (χ4n) is 2.74. The lowest BCUT2D eigenvalue weighted by Gasteiger charge is -2.32. The van der Waals surface area contributed by atoms with E-state index in [-0.39, 0.29) is 11.9 Å². The minimum absolute atomic E-state index is 0.208. The van der Waals surface area contributed by atoms with Gasteiger partial charge in [-0.15, -0.1) is 0 Å². The van der Waals surface area contributed by atoms with Crippen LogP contribution in [0, 0.1) is 11.7 Å². The molecule has 22 heavy (non-hydrogen) atoms. The molecule has 3 rings (SSSR count). The number of halogens is 1. The quantitative estimate of drug-likeness (QED) is 0.758. The molecule has 1 heterocycles. The molecule has 1 saturated heterocycles. The standard InChI is InChI=1S/C17H22FNO3/c18-14-3-5-15(6-4-14)21-11-12-22-16-7-9-19(10-8-16)17(20)13-1-2-13/h3-6,13,16H,1-2,7-12H2. The number of hydrogen-bond acceptors (Lipinski definition) is 3. The van der Waals surface area contributed by atoms with Crippen molar-refractivity contribution in [2.24, 2.45) is 5.92 Å². The zero-order chi connectivity index (χ0) is 15.4. The highest BCUT2D eigenvalue weighted by Crippen LogP contribution is 2.32. The topological polar surface area (TPSA) is 38.8 Å². The number of rotatable bonds is 6. The molecule has 4 nitrogen and oxygen atoms in total. The molecule has 1 aliphatic heterocycles. The van der Waals surface area contributed by atoms with E-state index in [9.17, 15) is 9.18 Å². The van der Waals surface area contributed by atoms with Gasteiger partial charge in [-0.2, -0.15) is 0 Å². The first-order valence-electron chi connectivity index (χ1n) is 8.01. The third-order valence-electron chi connectivity index (χ3n) is 4.20. The van der Waals surface area contributed by atoms with Crippen molar-refractivity contribution in [1.29, 1.82) is 0 Å². The molecule has 5 heteroatoms. The summed E-state index contributed by atoms with van der Waals surface area (Å²) in [5.41, 5.74) is 0. The maximum atomic E-state index is 12.8. The van der Waals surface area contributed by atoms with Crippen molar-refractivity contribution in [3.05, 3.63) is 30.1 Å². The first-order chi connectivity index (χ1) is 10.7. The Bertz CT molecular complexity index is 493. The monoisotopic (exact) mass is 307 g/mol. The summed E-state index contributed by atoms with van der Waals surface area (Å²) in [4.78, 5) is 13.9. The van der Waals surface area contributed by atoms with Gasteiger partial charge in [-0.05, 0) is 49.9 Å². The minimum atomic E-state index is -0.267. The fraction of sp³-hybridized carbons (Fsp3) is 0.588. The van der Waals surface area contributed by atoms with Gasteiger partial charge in [0.25, 0.3) is 0 Å². The molecule has 0 spiro atoms. The molecule has 120 valence electrons. The third kappa shape index (κ3) is 4.19. The number of nitrogens with zero attached hydrogens (tertiary/aromatic N) is 1. The van der Waals surface area contributed by atoms with Crippen LogP contribution in [0.25, 0.3) is 0 Å². The van der Waals surface area contributed by atoms with Crippen molar-refractivity contribution in [3.63, 3.8) is 0 Å². The Morgan fingerprint density at radius 2 is 1.77 bits per heavy atom. The number of benzene rings is 1. The number of likely N-dealkylation sites (tertiary alicyclic amines) is 1. The highest BCUT2D eigenvalue weighted by Gasteiger charge is 2.34. The number of amides is 1. The summed E-state index contributed by atoms with van der Waals surface area (Å²) in [6.07, 6.45) is 4.13. The van der Waals surface area contributed by atoms with Gasteiger partial charge < -0.3 is 14.4 Å². The summed E-state index contributed by atoms with van der Waals surface area (Å²) < 4.78 is 24.0. The molecule has 1 amide bonds. The second kappa shape index (κ2) is 7.09. The molecule has 2 fully saturated rings. The normalized spacial score (nSPS) is 19.2. The lowest BCUT2D eigenvalue weighted by molar-refractivity contribution is -0.135. The van der Waals surface area contributed by atoms with Crippen LogP contribution in [0.3, 0.4) is 0 Å². The molecule has 0 N–H and O–H groups in total. The van der Waals surface area contributed by atoms with Gasteiger partial charge in [0, 0.05) is 19.0 Å². The summed E-state index contributed by atoms with van der Waals surface area (Å²) in [6.45, 7) is 2.57. The van der Waals surface area contributed by atoms with Crippen molar-refractivity contribution in [2.45, 2.75) is 31.8 Å². The second-order valence-corrected chi connectivity index (χ2v) is 5.97. The Kier molecular flexibility index (Phi) is 4.93. The Balaban J connectivity index is 1.30. The van der Waals surface area contributed by atoms with Gasteiger partial charge in [0.15, 0.2) is 0 Å². The molecule has 1 aliphatic carbocycles. The summed E-state index contributed by atoms with van der Waals surface area (Å²) in [5.74, 6) is 1.02. The van der Waals surface area contributed by atoms with Crippen LogP contribution in [0.4, 0.5) is 4.39 Å². The maximum Gasteiger partial charge on any atom is 0.225 e. The van der Waals surface area contributed by atoms with Crippen molar-refractivity contribution in [2.75, 3.05) is 26.3 Å². The first kappa shape index (κ1) is 15.3. The predicted octanol–water partition coefficient (Wildman–Crippen LogP) is 2.62. The van der Waals surface area contributed by atoms with Crippen molar-refractivity contribution in [1.82, 2.24) is 4.90 Å². The van der Waals surface area contributed by atoms with Crippen LogP contribution in [0.1, 0.15) is 25.7 Å². The van der Waals surface area contributed by atoms with Gasteiger partial charge in [0.05, 0.1) is 12.7 Å². The third-order valence-corrected chi connectivity index (χ3v) is 4.20. The zero-order valence-corrected chi connectivity index (χ0v) is 12.7. The van der Waals surface area contributed by atoms with Crippen LogP contribution in [0.15, 0.2) is 24.3 Å². The molecule has 1 saturated carbocycles. The van der Waals surface area contributed by atoms with E-state index in [1.165, 1.54) is 12.1 Å². The molecule has 0 unspecified atom stereocenters. The van der Waals surface area contributed by atoms with Crippen LogP contribution in [0.5, 0.6) is 5.75 Å². The minimum Gasteiger partial charge on any atom is -0.491 e. The predicted molar refractivity (Wildman–Crippen MR) is 80.2 cm³/mol. The van der Waals surface area contributed by atoms with Crippen LogP contribution in [-0.2, 0) is 9.53 Å². The molecule has 0 radical (unpaired) electrons. The SMILES string of the molecule is O=C(C1CC1)N1CCC(OCCOc2ccc(F)cc2)CC1. The highest BCUT2D eigenvalue weighted by atomic mass is 19.1. The van der Waals surface area contributed by atoms with E-state index in [0.29, 0.717) is 30.8 Å². The summed E-state index contributed by atoms with van der Waals surface area (Å²) in [6, 6.07) is 5.97. The van der Waals surface area contributed by atoms with E-state index in [0.717, 1.165) is 38.8 Å². The van der Waals surface area contributed by atoms with E-state index in [1.807, 2.05) is 4.90 Å². The molecule has 1 aromatic carbocycles.